The molecule has 0 bridgehead atoms. The van der Waals surface area contributed by atoms with Gasteiger partial charge >= 0.3 is 6.18 Å². The zero-order chi connectivity index (χ0) is 9.35. The Bertz CT molecular complexity index is 277. The molecule has 0 aromatic carbocycles. The molecule has 1 amide bonds. The lowest BCUT2D eigenvalue weighted by Crippen LogP contribution is -2.25. The Morgan fingerprint density at radius 1 is 1.42 bits per heavy atom. The Morgan fingerprint density at radius 3 is 2.42 bits per heavy atom. The highest BCUT2D eigenvalue weighted by molar-refractivity contribution is 6.02. The SMILES string of the molecule is CC1=C(C(F)(F)F)N=[C][N]C1=O. The van der Waals surface area contributed by atoms with Crippen LogP contribution in [0, 0.1) is 0 Å². The van der Waals surface area contributed by atoms with Gasteiger partial charge in [-0.05, 0) is 6.92 Å². The molecular weight excluding hydrogens is 173 g/mol. The number of carbonyl (C=O) groups excluding carboxylic acids is 1. The van der Waals surface area contributed by atoms with Crippen molar-refractivity contribution >= 4 is 12.2 Å². The summed E-state index contributed by atoms with van der Waals surface area (Å²) in [5, 5.41) is 2.96. The van der Waals surface area contributed by atoms with Crippen molar-refractivity contribution in [3.05, 3.63) is 11.3 Å². The van der Waals surface area contributed by atoms with Crippen LogP contribution < -0.4 is 5.32 Å². The molecule has 12 heavy (non-hydrogen) atoms. The number of halogens is 3. The van der Waals surface area contributed by atoms with Gasteiger partial charge in [-0.15, -0.1) is 0 Å². The van der Waals surface area contributed by atoms with Gasteiger partial charge in [0, 0.05) is 5.57 Å². The standard InChI is InChI=1S/C6H3F3N2O/c1-3-4(6(7,8)9)10-2-11-5(3)12/h1H3. The maximum Gasteiger partial charge on any atom is 0.433 e. The summed E-state index contributed by atoms with van der Waals surface area (Å²) in [6, 6.07) is 0. The number of hydrogen-bond donors (Lipinski definition) is 0. The van der Waals surface area contributed by atoms with Gasteiger partial charge in [0.05, 0.1) is 0 Å². The highest BCUT2D eigenvalue weighted by Crippen LogP contribution is 2.29. The molecule has 0 aromatic heterocycles. The predicted octanol–water partition coefficient (Wildman–Crippen LogP) is 0.873. The van der Waals surface area contributed by atoms with Crippen LogP contribution in [0.25, 0.3) is 0 Å². The molecule has 64 valence electrons. The number of nitrogens with zero attached hydrogens (tertiary/aromatic N) is 2. The van der Waals surface area contributed by atoms with Gasteiger partial charge in [0.1, 0.15) is 0 Å². The molecule has 0 aliphatic carbocycles. The molecule has 1 rings (SSSR count). The van der Waals surface area contributed by atoms with Gasteiger partial charge in [-0.25, -0.2) is 4.99 Å². The lowest BCUT2D eigenvalue weighted by atomic mass is 10.2. The topological polar surface area (TPSA) is 43.5 Å². The van der Waals surface area contributed by atoms with Crippen molar-refractivity contribution in [3.63, 3.8) is 0 Å². The van der Waals surface area contributed by atoms with Crippen LogP contribution in [0.2, 0.25) is 0 Å². The first-order valence-corrected chi connectivity index (χ1v) is 2.92. The Hall–Kier alpha value is -1.33. The first kappa shape index (κ1) is 8.76. The third-order valence-electron chi connectivity index (χ3n) is 1.26. The normalized spacial score (nSPS) is 18.2. The second-order valence-corrected chi connectivity index (χ2v) is 2.10. The first-order chi connectivity index (χ1) is 5.43. The Kier molecular flexibility index (Phi) is 1.91. The van der Waals surface area contributed by atoms with E-state index in [1.165, 1.54) is 0 Å². The van der Waals surface area contributed by atoms with Crippen LogP contribution in [0.3, 0.4) is 0 Å². The van der Waals surface area contributed by atoms with Gasteiger partial charge in [0.25, 0.3) is 5.91 Å². The fourth-order valence-electron chi connectivity index (χ4n) is 0.665. The molecule has 0 atom stereocenters. The van der Waals surface area contributed by atoms with E-state index in [0.717, 1.165) is 6.92 Å². The number of hydrogen-bond acceptors (Lipinski definition) is 2. The largest absolute Gasteiger partial charge is 0.433 e. The monoisotopic (exact) mass is 176 g/mol. The van der Waals surface area contributed by atoms with Gasteiger partial charge in [0.15, 0.2) is 5.70 Å². The minimum absolute atomic E-state index is 0.499. The maximum absolute atomic E-state index is 12.0. The van der Waals surface area contributed by atoms with Crippen molar-refractivity contribution in [1.82, 2.24) is 5.32 Å². The number of amides is 1. The van der Waals surface area contributed by atoms with E-state index in [2.05, 4.69) is 10.3 Å². The van der Waals surface area contributed by atoms with E-state index in [9.17, 15) is 18.0 Å². The van der Waals surface area contributed by atoms with E-state index in [-0.39, 0.29) is 0 Å². The average molecular weight is 176 g/mol. The third-order valence-corrected chi connectivity index (χ3v) is 1.26. The summed E-state index contributed by atoms with van der Waals surface area (Å²) >= 11 is 0. The smallest absolute Gasteiger partial charge is 0.267 e. The molecule has 0 spiro atoms. The van der Waals surface area contributed by atoms with Crippen LogP contribution in [0.1, 0.15) is 6.92 Å². The van der Waals surface area contributed by atoms with Crippen LogP contribution in [0.15, 0.2) is 16.3 Å². The van der Waals surface area contributed by atoms with Gasteiger partial charge < -0.3 is 0 Å². The summed E-state index contributed by atoms with van der Waals surface area (Å²) in [4.78, 5) is 13.5. The van der Waals surface area contributed by atoms with Crippen molar-refractivity contribution in [3.8, 4) is 0 Å². The molecule has 0 aromatic rings. The molecule has 0 saturated carbocycles. The molecule has 0 unspecified atom stereocenters. The van der Waals surface area contributed by atoms with E-state index in [4.69, 9.17) is 0 Å². The van der Waals surface area contributed by atoms with Gasteiger partial charge in [-0.2, -0.15) is 18.5 Å². The van der Waals surface area contributed by atoms with Crippen molar-refractivity contribution in [2.75, 3.05) is 0 Å². The van der Waals surface area contributed by atoms with E-state index >= 15 is 0 Å². The Labute approximate surface area is 66.0 Å². The number of alkyl halides is 3. The van der Waals surface area contributed by atoms with Crippen molar-refractivity contribution in [2.45, 2.75) is 13.1 Å². The summed E-state index contributed by atoms with van der Waals surface area (Å²) in [6.45, 7) is 1.03. The molecule has 0 N–H and O–H groups in total. The predicted molar refractivity (Wildman–Crippen MR) is 33.3 cm³/mol. The molecule has 0 fully saturated rings. The van der Waals surface area contributed by atoms with Crippen LogP contribution in [0.5, 0.6) is 0 Å². The quantitative estimate of drug-likeness (QED) is 0.540. The molecule has 0 saturated heterocycles. The molecule has 2 radical (unpaired) electrons. The fraction of sp³-hybridized carbons (Fsp3) is 0.333. The lowest BCUT2D eigenvalue weighted by molar-refractivity contribution is -0.118. The number of carbonyl (C=O) groups is 1. The van der Waals surface area contributed by atoms with Crippen LogP contribution in [-0.4, -0.2) is 18.4 Å². The maximum atomic E-state index is 12.0. The van der Waals surface area contributed by atoms with Crippen LogP contribution in [-0.2, 0) is 4.79 Å². The zero-order valence-electron chi connectivity index (χ0n) is 5.94. The number of allylic oxidation sites excluding steroid dienone is 1. The molecule has 1 heterocycles. The average Bonchev–Trinajstić information content (AvgIpc) is 1.92. The van der Waals surface area contributed by atoms with Gasteiger partial charge in [-0.3, -0.25) is 4.79 Å². The van der Waals surface area contributed by atoms with Crippen LogP contribution >= 0.6 is 0 Å². The summed E-state index contributed by atoms with van der Waals surface area (Å²) in [7, 11) is 0. The molecule has 1 aliphatic rings. The minimum Gasteiger partial charge on any atom is -0.267 e. The summed E-state index contributed by atoms with van der Waals surface area (Å²) in [6.07, 6.45) is -2.96. The zero-order valence-corrected chi connectivity index (χ0v) is 5.94. The second-order valence-electron chi connectivity index (χ2n) is 2.10. The number of rotatable bonds is 0. The van der Waals surface area contributed by atoms with Crippen molar-refractivity contribution in [1.29, 1.82) is 0 Å². The van der Waals surface area contributed by atoms with Crippen LogP contribution in [0.4, 0.5) is 13.2 Å². The fourth-order valence-corrected chi connectivity index (χ4v) is 0.665. The molecule has 6 heteroatoms. The van der Waals surface area contributed by atoms with Crippen molar-refractivity contribution < 1.29 is 18.0 Å². The van der Waals surface area contributed by atoms with E-state index in [0.29, 0.717) is 0 Å². The highest BCUT2D eigenvalue weighted by atomic mass is 19.4. The highest BCUT2D eigenvalue weighted by Gasteiger charge is 2.38. The second kappa shape index (κ2) is 2.62. The van der Waals surface area contributed by atoms with Gasteiger partial charge in [0.2, 0.25) is 6.34 Å². The van der Waals surface area contributed by atoms with E-state index in [1.54, 1.807) is 6.34 Å². The first-order valence-electron chi connectivity index (χ1n) is 2.92. The van der Waals surface area contributed by atoms with E-state index < -0.39 is 23.4 Å². The summed E-state index contributed by atoms with van der Waals surface area (Å²) in [5.41, 5.74) is -1.72. The third kappa shape index (κ3) is 1.46. The van der Waals surface area contributed by atoms with Crippen molar-refractivity contribution in [2.24, 2.45) is 4.99 Å². The Morgan fingerprint density at radius 2 is 2.00 bits per heavy atom. The van der Waals surface area contributed by atoms with Gasteiger partial charge in [-0.1, -0.05) is 0 Å². The molecular formula is C6H3F3N2O. The molecule has 1 aliphatic heterocycles. The summed E-state index contributed by atoms with van der Waals surface area (Å²) in [5.74, 6) is -0.947. The van der Waals surface area contributed by atoms with E-state index in [1.807, 2.05) is 0 Å². The summed E-state index contributed by atoms with van der Waals surface area (Å²) < 4.78 is 35.9. The Balaban J connectivity index is 3.10. The number of aliphatic imine (C=N–C) groups is 1. The lowest BCUT2D eigenvalue weighted by Gasteiger charge is -2.11. The molecule has 3 nitrogen and oxygen atoms in total. The minimum atomic E-state index is -4.61.